The molecule has 0 unspecified atom stereocenters. The fourth-order valence-electron chi connectivity index (χ4n) is 4.26. The molecule has 1 atom stereocenters. The molecule has 2 aromatic rings. The summed E-state index contributed by atoms with van der Waals surface area (Å²) in [6.07, 6.45) is 8.35. The number of nitrogens with one attached hydrogen (secondary N) is 1. The smallest absolute Gasteiger partial charge is 0.240 e. The van der Waals surface area contributed by atoms with Crippen LogP contribution in [0.2, 0.25) is 0 Å². The maximum atomic E-state index is 12.9. The first-order chi connectivity index (χ1) is 13.4. The number of likely N-dealkylation sites (tertiary alicyclic amines) is 1. The molecular formula is C20H26N4O3S. The highest BCUT2D eigenvalue weighted by atomic mass is 32.2. The van der Waals surface area contributed by atoms with Crippen molar-refractivity contribution in [1.82, 2.24) is 19.4 Å². The molecule has 7 nitrogen and oxygen atoms in total. The van der Waals surface area contributed by atoms with Crippen LogP contribution in [-0.4, -0.2) is 48.1 Å². The molecule has 28 heavy (non-hydrogen) atoms. The maximum absolute atomic E-state index is 12.9. The standard InChI is InChI=1S/C20H26N4O3S/c1-15-7-8-18(24-10-4-9-21-24)12-19(15)28(26,27)22-13-16-11-20(25)23(14-16)17-5-2-3-6-17/h4,7-10,12,16-17,22H,2-3,5-6,11,13-14H2,1H3/t16-/m1/s1. The zero-order chi connectivity index (χ0) is 19.7. The average Bonchev–Trinajstić information content (AvgIpc) is 3.42. The van der Waals surface area contributed by atoms with E-state index in [1.165, 1.54) is 12.8 Å². The third kappa shape index (κ3) is 3.84. The van der Waals surface area contributed by atoms with Crippen LogP contribution >= 0.6 is 0 Å². The van der Waals surface area contributed by atoms with Gasteiger partial charge in [0, 0.05) is 37.9 Å². The number of sulfonamides is 1. The minimum absolute atomic E-state index is 0.0254. The SMILES string of the molecule is Cc1ccc(-n2cccn2)cc1S(=O)(=O)NC[C@H]1CC(=O)N(C2CCCC2)C1. The predicted octanol–water partition coefficient (Wildman–Crippen LogP) is 2.25. The van der Waals surface area contributed by atoms with Gasteiger partial charge in [0.2, 0.25) is 15.9 Å². The van der Waals surface area contributed by atoms with Gasteiger partial charge < -0.3 is 4.90 Å². The second kappa shape index (κ2) is 7.67. The lowest BCUT2D eigenvalue weighted by molar-refractivity contribution is -0.129. The Morgan fingerprint density at radius 1 is 1.25 bits per heavy atom. The van der Waals surface area contributed by atoms with E-state index >= 15 is 0 Å². The number of carbonyl (C=O) groups is 1. The molecule has 1 aliphatic heterocycles. The quantitative estimate of drug-likeness (QED) is 0.803. The Morgan fingerprint density at radius 2 is 2.04 bits per heavy atom. The zero-order valence-corrected chi connectivity index (χ0v) is 16.9. The summed E-state index contributed by atoms with van der Waals surface area (Å²) in [7, 11) is -3.67. The van der Waals surface area contributed by atoms with Crippen LogP contribution in [0.5, 0.6) is 0 Å². The van der Waals surface area contributed by atoms with Gasteiger partial charge in [0.05, 0.1) is 10.6 Å². The van der Waals surface area contributed by atoms with Crippen molar-refractivity contribution in [3.63, 3.8) is 0 Å². The van der Waals surface area contributed by atoms with Crippen molar-refractivity contribution < 1.29 is 13.2 Å². The molecule has 1 N–H and O–H groups in total. The average molecular weight is 403 g/mol. The van der Waals surface area contributed by atoms with E-state index < -0.39 is 10.0 Å². The summed E-state index contributed by atoms with van der Waals surface area (Å²) in [5.41, 5.74) is 1.37. The van der Waals surface area contributed by atoms with E-state index in [1.54, 1.807) is 42.2 Å². The van der Waals surface area contributed by atoms with Crippen LogP contribution in [0.1, 0.15) is 37.7 Å². The van der Waals surface area contributed by atoms with Gasteiger partial charge in [0.15, 0.2) is 0 Å². The second-order valence-electron chi connectivity index (χ2n) is 7.81. The van der Waals surface area contributed by atoms with Crippen LogP contribution in [-0.2, 0) is 14.8 Å². The van der Waals surface area contributed by atoms with Crippen LogP contribution in [0, 0.1) is 12.8 Å². The molecule has 8 heteroatoms. The Hall–Kier alpha value is -2.19. The molecule has 1 aliphatic carbocycles. The van der Waals surface area contributed by atoms with Crippen LogP contribution in [0.3, 0.4) is 0 Å². The summed E-state index contributed by atoms with van der Waals surface area (Å²) in [4.78, 5) is 14.6. The van der Waals surface area contributed by atoms with Crippen molar-refractivity contribution in [3.05, 3.63) is 42.2 Å². The highest BCUT2D eigenvalue weighted by molar-refractivity contribution is 7.89. The topological polar surface area (TPSA) is 84.3 Å². The Balaban J connectivity index is 1.45. The minimum atomic E-state index is -3.67. The van der Waals surface area contributed by atoms with Gasteiger partial charge in [-0.2, -0.15) is 5.10 Å². The summed E-state index contributed by atoms with van der Waals surface area (Å²) >= 11 is 0. The number of benzene rings is 1. The molecule has 2 fully saturated rings. The molecule has 0 spiro atoms. The third-order valence-electron chi connectivity index (χ3n) is 5.80. The molecule has 2 heterocycles. The van der Waals surface area contributed by atoms with Crippen LogP contribution in [0.25, 0.3) is 5.69 Å². The fraction of sp³-hybridized carbons (Fsp3) is 0.500. The Bertz CT molecular complexity index is 950. The fourth-order valence-corrected chi connectivity index (χ4v) is 5.64. The lowest BCUT2D eigenvalue weighted by Gasteiger charge is -2.24. The third-order valence-corrected chi connectivity index (χ3v) is 7.36. The highest BCUT2D eigenvalue weighted by Gasteiger charge is 2.35. The molecule has 1 aromatic carbocycles. The number of hydrogen-bond acceptors (Lipinski definition) is 4. The summed E-state index contributed by atoms with van der Waals surface area (Å²) in [6, 6.07) is 7.40. The van der Waals surface area contributed by atoms with Crippen molar-refractivity contribution in [2.45, 2.75) is 50.0 Å². The van der Waals surface area contributed by atoms with E-state index in [0.717, 1.165) is 12.8 Å². The summed E-state index contributed by atoms with van der Waals surface area (Å²) < 4.78 is 30.2. The van der Waals surface area contributed by atoms with E-state index in [-0.39, 0.29) is 23.3 Å². The number of aromatic nitrogens is 2. The number of rotatable bonds is 6. The van der Waals surface area contributed by atoms with E-state index in [4.69, 9.17) is 0 Å². The van der Waals surface area contributed by atoms with Crippen molar-refractivity contribution in [1.29, 1.82) is 0 Å². The van der Waals surface area contributed by atoms with Gasteiger partial charge in [-0.15, -0.1) is 0 Å². The molecule has 1 aromatic heterocycles. The van der Waals surface area contributed by atoms with Gasteiger partial charge in [-0.1, -0.05) is 18.9 Å². The number of carbonyl (C=O) groups excluding carboxylic acids is 1. The summed E-state index contributed by atoms with van der Waals surface area (Å²) in [5.74, 6) is 0.186. The molecule has 4 rings (SSSR count). The summed E-state index contributed by atoms with van der Waals surface area (Å²) in [5, 5.41) is 4.16. The lowest BCUT2D eigenvalue weighted by Crippen LogP contribution is -2.36. The number of amides is 1. The van der Waals surface area contributed by atoms with Crippen molar-refractivity contribution in [2.24, 2.45) is 5.92 Å². The van der Waals surface area contributed by atoms with Gasteiger partial charge in [-0.25, -0.2) is 17.8 Å². The monoisotopic (exact) mass is 402 g/mol. The first-order valence-electron chi connectivity index (χ1n) is 9.84. The first kappa shape index (κ1) is 19.1. The molecule has 1 saturated heterocycles. The lowest BCUT2D eigenvalue weighted by atomic mass is 10.1. The van der Waals surface area contributed by atoms with Crippen LogP contribution in [0.15, 0.2) is 41.6 Å². The molecule has 0 radical (unpaired) electrons. The van der Waals surface area contributed by atoms with E-state index in [1.807, 2.05) is 11.0 Å². The number of nitrogens with zero attached hydrogens (tertiary/aromatic N) is 3. The van der Waals surface area contributed by atoms with Gasteiger partial charge in [0.25, 0.3) is 0 Å². The highest BCUT2D eigenvalue weighted by Crippen LogP contribution is 2.29. The Labute approximate surface area is 165 Å². The van der Waals surface area contributed by atoms with Gasteiger partial charge in [-0.3, -0.25) is 4.79 Å². The van der Waals surface area contributed by atoms with Gasteiger partial charge in [-0.05, 0) is 49.4 Å². The van der Waals surface area contributed by atoms with Gasteiger partial charge >= 0.3 is 0 Å². The largest absolute Gasteiger partial charge is 0.339 e. The Morgan fingerprint density at radius 3 is 2.75 bits per heavy atom. The number of hydrogen-bond donors (Lipinski definition) is 1. The van der Waals surface area contributed by atoms with Crippen molar-refractivity contribution in [2.75, 3.05) is 13.1 Å². The molecule has 1 amide bonds. The first-order valence-corrected chi connectivity index (χ1v) is 11.3. The number of aryl methyl sites for hydroxylation is 1. The molecular weight excluding hydrogens is 376 g/mol. The molecule has 0 bridgehead atoms. The predicted molar refractivity (Wildman–Crippen MR) is 106 cm³/mol. The normalized spacial score (nSPS) is 21.0. The minimum Gasteiger partial charge on any atom is -0.339 e. The molecule has 1 saturated carbocycles. The van der Waals surface area contributed by atoms with Crippen molar-refractivity contribution in [3.8, 4) is 5.69 Å². The van der Waals surface area contributed by atoms with Crippen molar-refractivity contribution >= 4 is 15.9 Å². The molecule has 150 valence electrons. The van der Waals surface area contributed by atoms with Crippen LogP contribution in [0.4, 0.5) is 0 Å². The van der Waals surface area contributed by atoms with E-state index in [2.05, 4.69) is 9.82 Å². The van der Waals surface area contributed by atoms with E-state index in [0.29, 0.717) is 30.3 Å². The molecule has 2 aliphatic rings. The van der Waals surface area contributed by atoms with Crippen LogP contribution < -0.4 is 4.72 Å². The summed E-state index contributed by atoms with van der Waals surface area (Å²) in [6.45, 7) is 2.71. The Kier molecular flexibility index (Phi) is 5.25. The zero-order valence-electron chi connectivity index (χ0n) is 16.0. The van der Waals surface area contributed by atoms with Gasteiger partial charge in [0.1, 0.15) is 0 Å². The maximum Gasteiger partial charge on any atom is 0.240 e. The second-order valence-corrected chi connectivity index (χ2v) is 9.54. The van der Waals surface area contributed by atoms with E-state index in [9.17, 15) is 13.2 Å².